The van der Waals surface area contributed by atoms with Gasteiger partial charge >= 0.3 is 6.18 Å². The molecule has 1 heterocycles. The van der Waals surface area contributed by atoms with E-state index in [-0.39, 0.29) is 49.5 Å². The van der Waals surface area contributed by atoms with E-state index in [4.69, 9.17) is 4.74 Å². The second kappa shape index (κ2) is 9.50. The monoisotopic (exact) mass is 470 g/mol. The van der Waals surface area contributed by atoms with Crippen LogP contribution in [0.2, 0.25) is 0 Å². The van der Waals surface area contributed by atoms with E-state index < -0.39 is 21.8 Å². The van der Waals surface area contributed by atoms with Gasteiger partial charge in [-0.3, -0.25) is 4.79 Å². The van der Waals surface area contributed by atoms with Crippen molar-refractivity contribution in [3.8, 4) is 5.75 Å². The van der Waals surface area contributed by atoms with Gasteiger partial charge in [0.1, 0.15) is 5.75 Å². The van der Waals surface area contributed by atoms with Crippen LogP contribution in [0.3, 0.4) is 0 Å². The van der Waals surface area contributed by atoms with Gasteiger partial charge in [-0.1, -0.05) is 12.1 Å². The van der Waals surface area contributed by atoms with Gasteiger partial charge in [0.25, 0.3) is 0 Å². The summed E-state index contributed by atoms with van der Waals surface area (Å²) in [4.78, 5) is 14.1. The van der Waals surface area contributed by atoms with Crippen molar-refractivity contribution < 1.29 is 31.1 Å². The van der Waals surface area contributed by atoms with Crippen LogP contribution in [0.4, 0.5) is 13.2 Å². The average molecular weight is 471 g/mol. The van der Waals surface area contributed by atoms with E-state index in [2.05, 4.69) is 0 Å². The van der Waals surface area contributed by atoms with Gasteiger partial charge in [-0.25, -0.2) is 8.42 Å². The van der Waals surface area contributed by atoms with Gasteiger partial charge in [0.05, 0.1) is 23.0 Å². The molecule has 32 heavy (non-hydrogen) atoms. The number of nitrogens with zero attached hydrogens (tertiary/aromatic N) is 2. The Labute approximate surface area is 185 Å². The molecule has 0 radical (unpaired) electrons. The summed E-state index contributed by atoms with van der Waals surface area (Å²) in [5.74, 6) is 0.552. The highest BCUT2D eigenvalue weighted by atomic mass is 32.2. The van der Waals surface area contributed by atoms with Gasteiger partial charge in [-0.05, 0) is 55.8 Å². The second-order valence-electron chi connectivity index (χ2n) is 7.80. The van der Waals surface area contributed by atoms with Crippen LogP contribution in [-0.4, -0.2) is 55.8 Å². The summed E-state index contributed by atoms with van der Waals surface area (Å²) in [6.07, 6.45) is -4.35. The summed E-state index contributed by atoms with van der Waals surface area (Å²) in [6.45, 7) is 4.39. The fourth-order valence-electron chi connectivity index (χ4n) is 3.43. The summed E-state index contributed by atoms with van der Waals surface area (Å²) in [5.41, 5.74) is -0.109. The normalized spacial score (nSPS) is 15.8. The maximum absolute atomic E-state index is 12.8. The number of alkyl halides is 3. The number of carbonyl (C=O) groups is 1. The Balaban J connectivity index is 1.60. The number of benzene rings is 2. The van der Waals surface area contributed by atoms with Crippen LogP contribution in [0.1, 0.15) is 25.0 Å². The Kier molecular flexibility index (Phi) is 7.14. The van der Waals surface area contributed by atoms with Crippen LogP contribution in [0.15, 0.2) is 53.4 Å². The molecule has 0 spiro atoms. The molecule has 1 amide bonds. The third kappa shape index (κ3) is 5.80. The van der Waals surface area contributed by atoms with Gasteiger partial charge in [0.15, 0.2) is 0 Å². The zero-order valence-electron chi connectivity index (χ0n) is 17.8. The fourth-order valence-corrected chi connectivity index (χ4v) is 4.85. The summed E-state index contributed by atoms with van der Waals surface area (Å²) in [6, 6.07) is 10.7. The molecule has 0 atom stereocenters. The van der Waals surface area contributed by atoms with E-state index in [0.717, 1.165) is 29.8 Å². The molecule has 0 N–H and O–H groups in total. The van der Waals surface area contributed by atoms with Crippen molar-refractivity contribution in [3.05, 3.63) is 59.7 Å². The van der Waals surface area contributed by atoms with Crippen molar-refractivity contribution in [3.63, 3.8) is 0 Å². The molecule has 10 heteroatoms. The molecule has 2 aromatic carbocycles. The molecule has 3 rings (SSSR count). The third-order valence-electron chi connectivity index (χ3n) is 5.04. The largest absolute Gasteiger partial charge is 0.491 e. The minimum absolute atomic E-state index is 0.0145. The Morgan fingerprint density at radius 2 is 1.66 bits per heavy atom. The van der Waals surface area contributed by atoms with Gasteiger partial charge < -0.3 is 9.64 Å². The fraction of sp³-hybridized carbons (Fsp3) is 0.409. The van der Waals surface area contributed by atoms with Crippen LogP contribution >= 0.6 is 0 Å². The van der Waals surface area contributed by atoms with Gasteiger partial charge in [0.2, 0.25) is 15.9 Å². The Morgan fingerprint density at radius 3 is 2.22 bits per heavy atom. The van der Waals surface area contributed by atoms with Crippen LogP contribution in [0.25, 0.3) is 0 Å². The molecule has 1 aliphatic rings. The molecule has 0 bridgehead atoms. The van der Waals surface area contributed by atoms with E-state index in [1.165, 1.54) is 4.31 Å². The number of amides is 1. The molecule has 1 fully saturated rings. The molecular formula is C22H25F3N2O4S. The standard InChI is InChI=1S/C22H25F3N2O4S/c1-16(2)31-19-5-3-4-17(14-19)15-21(28)26-10-12-27(13-11-26)32(29,30)20-8-6-18(7-9-20)22(23,24)25/h3-9,14,16H,10-13,15H2,1-2H3. The summed E-state index contributed by atoms with van der Waals surface area (Å²) in [5, 5.41) is 0. The molecule has 0 aliphatic carbocycles. The van der Waals surface area contributed by atoms with Gasteiger partial charge in [0, 0.05) is 26.2 Å². The van der Waals surface area contributed by atoms with Crippen molar-refractivity contribution in [2.75, 3.05) is 26.2 Å². The number of piperazine rings is 1. The SMILES string of the molecule is CC(C)Oc1cccc(CC(=O)N2CCN(S(=O)(=O)c3ccc(C(F)(F)F)cc3)CC2)c1. The maximum Gasteiger partial charge on any atom is 0.416 e. The molecule has 6 nitrogen and oxygen atoms in total. The molecule has 1 aliphatic heterocycles. The highest BCUT2D eigenvalue weighted by Gasteiger charge is 2.33. The maximum atomic E-state index is 12.8. The van der Waals surface area contributed by atoms with Crippen molar-refractivity contribution in [2.45, 2.75) is 37.4 Å². The molecule has 0 aromatic heterocycles. The quantitative estimate of drug-likeness (QED) is 0.648. The van der Waals surface area contributed by atoms with E-state index in [1.54, 1.807) is 4.90 Å². The molecule has 0 unspecified atom stereocenters. The smallest absolute Gasteiger partial charge is 0.416 e. The lowest BCUT2D eigenvalue weighted by Crippen LogP contribution is -2.50. The molecule has 0 saturated carbocycles. The zero-order valence-corrected chi connectivity index (χ0v) is 18.6. The number of ether oxygens (including phenoxy) is 1. The van der Waals surface area contributed by atoms with Crippen molar-refractivity contribution in [2.24, 2.45) is 0 Å². The van der Waals surface area contributed by atoms with E-state index in [0.29, 0.717) is 5.75 Å². The lowest BCUT2D eigenvalue weighted by Gasteiger charge is -2.34. The average Bonchev–Trinajstić information content (AvgIpc) is 2.73. The number of hydrogen-bond donors (Lipinski definition) is 0. The van der Waals surface area contributed by atoms with E-state index in [9.17, 15) is 26.4 Å². The van der Waals surface area contributed by atoms with Gasteiger partial charge in [-0.2, -0.15) is 17.5 Å². The highest BCUT2D eigenvalue weighted by molar-refractivity contribution is 7.89. The number of carbonyl (C=O) groups excluding carboxylic acids is 1. The van der Waals surface area contributed by atoms with Crippen LogP contribution in [0.5, 0.6) is 5.75 Å². The lowest BCUT2D eigenvalue weighted by atomic mass is 10.1. The van der Waals surface area contributed by atoms with E-state index in [1.807, 2.05) is 38.1 Å². The van der Waals surface area contributed by atoms with Crippen molar-refractivity contribution in [1.82, 2.24) is 9.21 Å². The first-order chi connectivity index (χ1) is 15.0. The number of halogens is 3. The summed E-state index contributed by atoms with van der Waals surface area (Å²) >= 11 is 0. The van der Waals surface area contributed by atoms with Crippen molar-refractivity contribution >= 4 is 15.9 Å². The predicted molar refractivity (Wildman–Crippen MR) is 113 cm³/mol. The van der Waals surface area contributed by atoms with Crippen LogP contribution in [0, 0.1) is 0 Å². The Bertz CT molecular complexity index is 1050. The van der Waals surface area contributed by atoms with Crippen LogP contribution < -0.4 is 4.74 Å². The number of rotatable bonds is 6. The first-order valence-corrected chi connectivity index (χ1v) is 11.6. The zero-order chi connectivity index (χ0) is 23.5. The van der Waals surface area contributed by atoms with Gasteiger partial charge in [-0.15, -0.1) is 0 Å². The molecular weight excluding hydrogens is 445 g/mol. The molecule has 1 saturated heterocycles. The first kappa shape index (κ1) is 24.1. The second-order valence-corrected chi connectivity index (χ2v) is 9.74. The van der Waals surface area contributed by atoms with Crippen molar-refractivity contribution in [1.29, 1.82) is 0 Å². The predicted octanol–water partition coefficient (Wildman–Crippen LogP) is 3.57. The highest BCUT2D eigenvalue weighted by Crippen LogP contribution is 2.30. The topological polar surface area (TPSA) is 66.9 Å². The molecule has 2 aromatic rings. The third-order valence-corrected chi connectivity index (χ3v) is 6.95. The lowest BCUT2D eigenvalue weighted by molar-refractivity contribution is -0.137. The summed E-state index contributed by atoms with van der Waals surface area (Å²) < 4.78 is 70.5. The minimum Gasteiger partial charge on any atom is -0.491 e. The summed E-state index contributed by atoms with van der Waals surface area (Å²) in [7, 11) is -3.94. The van der Waals surface area contributed by atoms with Crippen LogP contribution in [-0.2, 0) is 27.4 Å². The number of hydrogen-bond acceptors (Lipinski definition) is 4. The first-order valence-electron chi connectivity index (χ1n) is 10.2. The molecule has 174 valence electrons. The number of sulfonamides is 1. The van der Waals surface area contributed by atoms with E-state index >= 15 is 0 Å². The minimum atomic E-state index is -4.53. The Hall–Kier alpha value is -2.59. The Morgan fingerprint density at radius 1 is 1.03 bits per heavy atom.